The number of likely N-dealkylation sites (N-methyl/N-ethyl adjacent to an activating group) is 1. The molecule has 10 heteroatoms. The number of nitrogens with zero attached hydrogens (tertiary/aromatic N) is 2. The number of hydrogen-bond donors (Lipinski definition) is 4. The number of amides is 1. The number of rotatable bonds is 8. The molecule has 1 unspecified atom stereocenters. The molecule has 0 radical (unpaired) electrons. The number of carbonyl (C=O) groups excluding carboxylic acids is 1. The highest BCUT2D eigenvalue weighted by atomic mass is 19.1. The monoisotopic (exact) mass is 452 g/mol. The molecule has 1 aromatic heterocycles. The van der Waals surface area contributed by atoms with Crippen LogP contribution in [0.4, 0.5) is 27.5 Å². The van der Waals surface area contributed by atoms with Gasteiger partial charge in [-0.15, -0.1) is 0 Å². The van der Waals surface area contributed by atoms with Gasteiger partial charge in [-0.2, -0.15) is 4.98 Å². The van der Waals surface area contributed by atoms with E-state index in [-0.39, 0.29) is 30.4 Å². The number of morpholine rings is 1. The highest BCUT2D eigenvalue weighted by Gasteiger charge is 2.15. The Labute approximate surface area is 190 Å². The second-order valence-electron chi connectivity index (χ2n) is 7.32. The molecule has 0 bridgehead atoms. The predicted octanol–water partition coefficient (Wildman–Crippen LogP) is 2.89. The van der Waals surface area contributed by atoms with Gasteiger partial charge in [-0.3, -0.25) is 4.79 Å². The summed E-state index contributed by atoms with van der Waals surface area (Å²) < 4.78 is 25.5. The highest BCUT2D eigenvalue weighted by molar-refractivity contribution is 5.77. The maximum Gasteiger partial charge on any atom is 0.257 e. The van der Waals surface area contributed by atoms with Gasteiger partial charge in [0.1, 0.15) is 5.75 Å². The molecule has 33 heavy (non-hydrogen) atoms. The first kappa shape index (κ1) is 22.4. The van der Waals surface area contributed by atoms with Gasteiger partial charge in [0, 0.05) is 37.6 Å². The molecule has 0 spiro atoms. The third-order valence-electron chi connectivity index (χ3n) is 4.96. The van der Waals surface area contributed by atoms with E-state index in [2.05, 4.69) is 31.2 Å². The van der Waals surface area contributed by atoms with Crippen molar-refractivity contribution >= 4 is 29.0 Å². The molecule has 2 aromatic carbocycles. The van der Waals surface area contributed by atoms with E-state index in [9.17, 15) is 9.18 Å². The molecule has 1 atom stereocenters. The Morgan fingerprint density at radius 3 is 2.82 bits per heavy atom. The summed E-state index contributed by atoms with van der Waals surface area (Å²) in [4.78, 5) is 19.6. The van der Waals surface area contributed by atoms with Crippen LogP contribution in [0.5, 0.6) is 5.75 Å². The Balaban J connectivity index is 1.42. The zero-order valence-corrected chi connectivity index (χ0v) is 18.1. The number of hydrogen-bond acceptors (Lipinski definition) is 8. The highest BCUT2D eigenvalue weighted by Crippen LogP contribution is 2.25. The number of halogens is 1. The Morgan fingerprint density at radius 1 is 1.21 bits per heavy atom. The lowest BCUT2D eigenvalue weighted by atomic mass is 10.1. The Bertz CT molecular complexity index is 1090. The normalized spacial score (nSPS) is 15.5. The van der Waals surface area contributed by atoms with Gasteiger partial charge in [-0.25, -0.2) is 9.37 Å². The minimum atomic E-state index is -0.577. The summed E-state index contributed by atoms with van der Waals surface area (Å²) in [6.07, 6.45) is 1.11. The van der Waals surface area contributed by atoms with E-state index in [1.54, 1.807) is 24.3 Å². The van der Waals surface area contributed by atoms with Crippen LogP contribution >= 0.6 is 0 Å². The average molecular weight is 452 g/mol. The Kier molecular flexibility index (Phi) is 7.28. The van der Waals surface area contributed by atoms with E-state index in [1.165, 1.54) is 7.05 Å². The van der Waals surface area contributed by atoms with Crippen molar-refractivity contribution < 1.29 is 18.7 Å². The van der Waals surface area contributed by atoms with Crippen molar-refractivity contribution in [1.29, 1.82) is 0 Å². The number of anilines is 4. The minimum Gasteiger partial charge on any atom is -0.484 e. The van der Waals surface area contributed by atoms with Crippen molar-refractivity contribution in [3.63, 3.8) is 0 Å². The van der Waals surface area contributed by atoms with Crippen LogP contribution in [0.25, 0.3) is 0 Å². The second-order valence-corrected chi connectivity index (χ2v) is 7.32. The largest absolute Gasteiger partial charge is 0.484 e. The molecule has 0 saturated carbocycles. The summed E-state index contributed by atoms with van der Waals surface area (Å²) in [6, 6.07) is 14.6. The van der Waals surface area contributed by atoms with Gasteiger partial charge in [0.15, 0.2) is 18.2 Å². The summed E-state index contributed by atoms with van der Waals surface area (Å²) in [5.74, 6) is -0.0567. The zero-order chi connectivity index (χ0) is 23.0. The van der Waals surface area contributed by atoms with Gasteiger partial charge in [0.2, 0.25) is 5.95 Å². The Morgan fingerprint density at radius 2 is 2.06 bits per heavy atom. The minimum absolute atomic E-state index is 0.00971. The summed E-state index contributed by atoms with van der Waals surface area (Å²) in [5, 5.41) is 11.8. The summed E-state index contributed by atoms with van der Waals surface area (Å²) in [6.45, 7) is 2.20. The molecule has 172 valence electrons. The fraction of sp³-hybridized carbons (Fsp3) is 0.261. The predicted molar refractivity (Wildman–Crippen MR) is 123 cm³/mol. The van der Waals surface area contributed by atoms with Crippen LogP contribution < -0.4 is 26.0 Å². The van der Waals surface area contributed by atoms with Crippen molar-refractivity contribution in [3.8, 4) is 5.75 Å². The van der Waals surface area contributed by atoms with E-state index in [0.29, 0.717) is 23.7 Å². The van der Waals surface area contributed by atoms with Crippen molar-refractivity contribution in [1.82, 2.24) is 20.6 Å². The SMILES string of the molecule is CNC(=O)COc1cccc(Nc2ncc(F)c(Nc3ccc(C4CNCCO4)cc3)n2)c1. The quantitative estimate of drug-likeness (QED) is 0.413. The van der Waals surface area contributed by atoms with Gasteiger partial charge >= 0.3 is 0 Å². The number of carbonyl (C=O) groups is 1. The van der Waals surface area contributed by atoms with Crippen LogP contribution in [-0.4, -0.2) is 49.2 Å². The van der Waals surface area contributed by atoms with Gasteiger partial charge in [0.25, 0.3) is 5.91 Å². The van der Waals surface area contributed by atoms with Gasteiger partial charge < -0.3 is 30.7 Å². The molecule has 9 nitrogen and oxygen atoms in total. The van der Waals surface area contributed by atoms with E-state index >= 15 is 0 Å². The summed E-state index contributed by atoms with van der Waals surface area (Å²) in [5.41, 5.74) is 2.37. The van der Waals surface area contributed by atoms with Crippen molar-refractivity contribution in [3.05, 3.63) is 66.1 Å². The van der Waals surface area contributed by atoms with Crippen LogP contribution in [0.15, 0.2) is 54.7 Å². The fourth-order valence-corrected chi connectivity index (χ4v) is 3.23. The Hall–Kier alpha value is -3.76. The zero-order valence-electron chi connectivity index (χ0n) is 18.1. The van der Waals surface area contributed by atoms with Crippen molar-refractivity contribution in [2.75, 3.05) is 44.0 Å². The molecule has 1 saturated heterocycles. The first-order chi connectivity index (χ1) is 16.1. The smallest absolute Gasteiger partial charge is 0.257 e. The van der Waals surface area contributed by atoms with E-state index in [1.807, 2.05) is 24.3 Å². The van der Waals surface area contributed by atoms with Crippen molar-refractivity contribution in [2.24, 2.45) is 0 Å². The first-order valence-electron chi connectivity index (χ1n) is 10.5. The van der Waals surface area contributed by atoms with E-state index < -0.39 is 5.82 Å². The summed E-state index contributed by atoms with van der Waals surface area (Å²) in [7, 11) is 1.54. The molecule has 1 aliphatic heterocycles. The molecule has 1 amide bonds. The molecular formula is C23H25FN6O3. The molecule has 4 rings (SSSR count). The third-order valence-corrected chi connectivity index (χ3v) is 4.96. The second kappa shape index (κ2) is 10.7. The van der Waals surface area contributed by atoms with Crippen LogP contribution in [0.3, 0.4) is 0 Å². The third kappa shape index (κ3) is 6.15. The lowest BCUT2D eigenvalue weighted by Crippen LogP contribution is -2.33. The van der Waals surface area contributed by atoms with Gasteiger partial charge in [0.05, 0.1) is 18.9 Å². The molecular weight excluding hydrogens is 427 g/mol. The number of aromatic nitrogens is 2. The van der Waals surface area contributed by atoms with Gasteiger partial charge in [-0.1, -0.05) is 18.2 Å². The average Bonchev–Trinajstić information content (AvgIpc) is 2.86. The first-order valence-corrected chi connectivity index (χ1v) is 10.5. The lowest BCUT2D eigenvalue weighted by molar-refractivity contribution is -0.122. The van der Waals surface area contributed by atoms with Gasteiger partial charge in [-0.05, 0) is 29.8 Å². The topological polar surface area (TPSA) is 109 Å². The molecule has 2 heterocycles. The molecule has 0 aliphatic carbocycles. The molecule has 3 aromatic rings. The summed E-state index contributed by atoms with van der Waals surface area (Å²) >= 11 is 0. The van der Waals surface area contributed by atoms with Crippen LogP contribution in [0.1, 0.15) is 11.7 Å². The fourth-order valence-electron chi connectivity index (χ4n) is 3.23. The standard InChI is InChI=1S/C23H25FN6O3/c1-25-21(31)14-33-18-4-2-3-17(11-18)29-23-27-12-19(24)22(30-23)28-16-7-5-15(6-8-16)20-13-26-9-10-32-20/h2-8,11-12,20,26H,9-10,13-14H2,1H3,(H,25,31)(H2,27,28,29,30). The lowest BCUT2D eigenvalue weighted by Gasteiger charge is -2.24. The molecule has 1 aliphatic rings. The van der Waals surface area contributed by atoms with E-state index in [4.69, 9.17) is 9.47 Å². The maximum absolute atomic E-state index is 14.3. The van der Waals surface area contributed by atoms with E-state index in [0.717, 1.165) is 24.8 Å². The number of benzene rings is 2. The molecule has 4 N–H and O–H groups in total. The number of ether oxygens (including phenoxy) is 2. The van der Waals surface area contributed by atoms with Crippen LogP contribution in [-0.2, 0) is 9.53 Å². The molecule has 1 fully saturated rings. The van der Waals surface area contributed by atoms with Crippen LogP contribution in [0, 0.1) is 5.82 Å². The maximum atomic E-state index is 14.3. The number of nitrogens with one attached hydrogen (secondary N) is 4. The van der Waals surface area contributed by atoms with Crippen LogP contribution in [0.2, 0.25) is 0 Å². The van der Waals surface area contributed by atoms with Crippen molar-refractivity contribution in [2.45, 2.75) is 6.10 Å².